The standard InChI is InChI=1S/C6H3ClF3NS/c7-3-1-2-11-5(12)4(3)6(8,9)10/h1-2H,(H,11,12). The molecule has 0 aliphatic rings. The van der Waals surface area contributed by atoms with E-state index in [4.69, 9.17) is 11.6 Å². The van der Waals surface area contributed by atoms with E-state index < -0.39 is 16.4 Å². The third-order valence-electron chi connectivity index (χ3n) is 1.19. The zero-order valence-electron chi connectivity index (χ0n) is 5.57. The molecular weight excluding hydrogens is 211 g/mol. The molecule has 0 fully saturated rings. The van der Waals surface area contributed by atoms with Crippen LogP contribution >= 0.6 is 23.8 Å². The minimum absolute atomic E-state index is 0.383. The molecule has 0 bridgehead atoms. The van der Waals surface area contributed by atoms with Crippen LogP contribution in [-0.4, -0.2) is 4.98 Å². The summed E-state index contributed by atoms with van der Waals surface area (Å²) in [5, 5.41) is -0.383. The van der Waals surface area contributed by atoms with Crippen molar-refractivity contribution in [1.29, 1.82) is 0 Å². The summed E-state index contributed by atoms with van der Waals surface area (Å²) in [5.74, 6) is 0. The summed E-state index contributed by atoms with van der Waals surface area (Å²) in [6.45, 7) is 0. The van der Waals surface area contributed by atoms with Crippen LogP contribution in [0.1, 0.15) is 5.56 Å². The van der Waals surface area contributed by atoms with E-state index in [0.717, 1.165) is 6.07 Å². The van der Waals surface area contributed by atoms with Gasteiger partial charge in [0.15, 0.2) is 0 Å². The first-order chi connectivity index (χ1) is 5.43. The van der Waals surface area contributed by atoms with Crippen LogP contribution in [-0.2, 0) is 6.18 Å². The van der Waals surface area contributed by atoms with E-state index >= 15 is 0 Å². The van der Waals surface area contributed by atoms with Gasteiger partial charge in [-0.05, 0) is 6.07 Å². The normalized spacial score (nSPS) is 11.7. The molecule has 6 heteroatoms. The molecule has 1 heterocycles. The van der Waals surface area contributed by atoms with Crippen LogP contribution in [0.5, 0.6) is 0 Å². The Labute approximate surface area is 76.2 Å². The van der Waals surface area contributed by atoms with Crippen LogP contribution in [0, 0.1) is 4.64 Å². The van der Waals surface area contributed by atoms with Crippen molar-refractivity contribution in [2.45, 2.75) is 6.18 Å². The molecule has 0 unspecified atom stereocenters. The number of rotatable bonds is 0. The first-order valence-corrected chi connectivity index (χ1v) is 3.66. The number of nitrogens with one attached hydrogen (secondary N) is 1. The topological polar surface area (TPSA) is 15.8 Å². The Hall–Kier alpha value is -0.550. The minimum Gasteiger partial charge on any atom is -0.352 e. The maximum Gasteiger partial charge on any atom is 0.420 e. The molecule has 0 spiro atoms. The Bertz CT molecular complexity index is 343. The molecule has 1 rings (SSSR count). The fourth-order valence-electron chi connectivity index (χ4n) is 0.719. The average molecular weight is 214 g/mol. The van der Waals surface area contributed by atoms with E-state index in [2.05, 4.69) is 17.2 Å². The zero-order chi connectivity index (χ0) is 9.35. The average Bonchev–Trinajstić information content (AvgIpc) is 1.82. The van der Waals surface area contributed by atoms with E-state index in [1.165, 1.54) is 6.20 Å². The van der Waals surface area contributed by atoms with Gasteiger partial charge in [-0.1, -0.05) is 23.8 Å². The SMILES string of the molecule is FC(F)(F)c1c(Cl)cc[nH]c1=S. The monoisotopic (exact) mass is 213 g/mol. The predicted octanol–water partition coefficient (Wildman–Crippen LogP) is 3.42. The van der Waals surface area contributed by atoms with Gasteiger partial charge >= 0.3 is 6.18 Å². The van der Waals surface area contributed by atoms with E-state index in [1.807, 2.05) is 0 Å². The lowest BCUT2D eigenvalue weighted by atomic mass is 10.3. The van der Waals surface area contributed by atoms with Crippen LogP contribution < -0.4 is 0 Å². The molecule has 0 aromatic carbocycles. The van der Waals surface area contributed by atoms with Crippen LogP contribution in [0.25, 0.3) is 0 Å². The molecule has 66 valence electrons. The van der Waals surface area contributed by atoms with Crippen molar-refractivity contribution in [3.63, 3.8) is 0 Å². The van der Waals surface area contributed by atoms with Crippen LogP contribution in [0.2, 0.25) is 5.02 Å². The fraction of sp³-hybridized carbons (Fsp3) is 0.167. The number of aromatic nitrogens is 1. The van der Waals surface area contributed by atoms with Crippen LogP contribution in [0.15, 0.2) is 12.3 Å². The molecular formula is C6H3ClF3NS. The molecule has 12 heavy (non-hydrogen) atoms. The van der Waals surface area contributed by atoms with E-state index in [1.54, 1.807) is 0 Å². The van der Waals surface area contributed by atoms with Gasteiger partial charge in [-0.2, -0.15) is 13.2 Å². The molecule has 0 saturated carbocycles. The van der Waals surface area contributed by atoms with Gasteiger partial charge in [0.05, 0.1) is 5.02 Å². The number of hydrogen-bond acceptors (Lipinski definition) is 1. The van der Waals surface area contributed by atoms with Gasteiger partial charge in [0, 0.05) is 6.20 Å². The second-order valence-electron chi connectivity index (χ2n) is 2.03. The molecule has 0 amide bonds. The number of aromatic amines is 1. The van der Waals surface area contributed by atoms with Gasteiger partial charge in [0.2, 0.25) is 0 Å². The molecule has 0 aliphatic carbocycles. The van der Waals surface area contributed by atoms with Gasteiger partial charge in [-0.3, -0.25) is 0 Å². The van der Waals surface area contributed by atoms with Gasteiger partial charge in [0.25, 0.3) is 0 Å². The Balaban J connectivity index is 3.42. The van der Waals surface area contributed by atoms with E-state index in [0.29, 0.717) is 0 Å². The molecule has 1 N–H and O–H groups in total. The van der Waals surface area contributed by atoms with Crippen molar-refractivity contribution in [3.8, 4) is 0 Å². The number of alkyl halides is 3. The summed E-state index contributed by atoms with van der Waals surface area (Å²) in [5.41, 5.74) is -0.985. The van der Waals surface area contributed by atoms with Crippen molar-refractivity contribution in [2.24, 2.45) is 0 Å². The van der Waals surface area contributed by atoms with Crippen molar-refractivity contribution < 1.29 is 13.2 Å². The van der Waals surface area contributed by atoms with E-state index in [9.17, 15) is 13.2 Å². The minimum atomic E-state index is -4.49. The number of hydrogen-bond donors (Lipinski definition) is 1. The highest BCUT2D eigenvalue weighted by atomic mass is 35.5. The summed E-state index contributed by atoms with van der Waals surface area (Å²) in [6, 6.07) is 1.11. The van der Waals surface area contributed by atoms with Gasteiger partial charge < -0.3 is 4.98 Å². The second-order valence-corrected chi connectivity index (χ2v) is 2.84. The molecule has 1 aromatic rings. The fourth-order valence-corrected chi connectivity index (χ4v) is 1.33. The quantitative estimate of drug-likeness (QED) is 0.653. The van der Waals surface area contributed by atoms with E-state index in [-0.39, 0.29) is 5.02 Å². The lowest BCUT2D eigenvalue weighted by Crippen LogP contribution is -2.07. The third kappa shape index (κ3) is 1.78. The van der Waals surface area contributed by atoms with Crippen molar-refractivity contribution in [3.05, 3.63) is 27.5 Å². The summed E-state index contributed by atoms with van der Waals surface area (Å²) in [6.07, 6.45) is -3.23. The largest absolute Gasteiger partial charge is 0.420 e. The Morgan fingerprint density at radius 3 is 2.33 bits per heavy atom. The third-order valence-corrected chi connectivity index (χ3v) is 1.83. The van der Waals surface area contributed by atoms with Crippen molar-refractivity contribution in [2.75, 3.05) is 0 Å². The maximum absolute atomic E-state index is 12.1. The molecule has 1 nitrogen and oxygen atoms in total. The lowest BCUT2D eigenvalue weighted by Gasteiger charge is -2.07. The summed E-state index contributed by atoms with van der Waals surface area (Å²) in [7, 11) is 0. The summed E-state index contributed by atoms with van der Waals surface area (Å²) in [4.78, 5) is 2.26. The van der Waals surface area contributed by atoms with Gasteiger partial charge in [0.1, 0.15) is 10.2 Å². The highest BCUT2D eigenvalue weighted by Crippen LogP contribution is 2.34. The maximum atomic E-state index is 12.1. The first kappa shape index (κ1) is 9.54. The number of halogens is 4. The van der Waals surface area contributed by atoms with Crippen molar-refractivity contribution in [1.82, 2.24) is 4.98 Å². The molecule has 0 saturated heterocycles. The zero-order valence-corrected chi connectivity index (χ0v) is 7.15. The Morgan fingerprint density at radius 2 is 2.00 bits per heavy atom. The Kier molecular flexibility index (Phi) is 2.44. The number of H-pyrrole nitrogens is 1. The highest BCUT2D eigenvalue weighted by molar-refractivity contribution is 7.71. The predicted molar refractivity (Wildman–Crippen MR) is 41.6 cm³/mol. The first-order valence-electron chi connectivity index (χ1n) is 2.87. The molecule has 0 aliphatic heterocycles. The molecule has 1 aromatic heterocycles. The lowest BCUT2D eigenvalue weighted by molar-refractivity contribution is -0.138. The smallest absolute Gasteiger partial charge is 0.352 e. The summed E-state index contributed by atoms with van der Waals surface area (Å²) >= 11 is 9.74. The second kappa shape index (κ2) is 3.06. The van der Waals surface area contributed by atoms with Crippen LogP contribution in [0.3, 0.4) is 0 Å². The van der Waals surface area contributed by atoms with Crippen LogP contribution in [0.4, 0.5) is 13.2 Å². The molecule has 0 radical (unpaired) electrons. The highest BCUT2D eigenvalue weighted by Gasteiger charge is 2.34. The summed E-state index contributed by atoms with van der Waals surface area (Å²) < 4.78 is 36.0. The molecule has 0 atom stereocenters. The van der Waals surface area contributed by atoms with Crippen molar-refractivity contribution >= 4 is 23.8 Å². The Morgan fingerprint density at radius 1 is 1.42 bits per heavy atom. The number of pyridine rings is 1. The van der Waals surface area contributed by atoms with Gasteiger partial charge in [-0.25, -0.2) is 0 Å². The van der Waals surface area contributed by atoms with Gasteiger partial charge in [-0.15, -0.1) is 0 Å².